The van der Waals surface area contributed by atoms with Gasteiger partial charge in [-0.05, 0) is 45.3 Å². The number of guanidine groups is 1. The number of hydrogen-bond acceptors (Lipinski definition) is 4. The summed E-state index contributed by atoms with van der Waals surface area (Å²) in [5.74, 6) is 1.84. The number of aliphatic hydroxyl groups excluding tert-OH is 1. The van der Waals surface area contributed by atoms with Crippen LogP contribution in [0.2, 0.25) is 0 Å². The van der Waals surface area contributed by atoms with Crippen LogP contribution in [0.15, 0.2) is 29.3 Å². The number of aliphatic imine (C=N–C) groups is 1. The number of rotatable bonds is 6. The predicted octanol–water partition coefficient (Wildman–Crippen LogP) is 2.48. The van der Waals surface area contributed by atoms with E-state index in [1.807, 2.05) is 12.1 Å². The van der Waals surface area contributed by atoms with E-state index < -0.39 is 0 Å². The van der Waals surface area contributed by atoms with Crippen molar-refractivity contribution in [3.8, 4) is 5.75 Å². The molecule has 0 radical (unpaired) electrons. The standard InChI is InChI=1S/C20H32N4O2.HI/c1-3-21-20(24-13-10-16(25)15-24)22-14-18(23-11-6-7-12-23)17-8-4-5-9-19(17)26-2;/h4-5,8-9,16,18,25H,3,6-7,10-15H2,1-2H3,(H,21,22);1H/t16-,18?;/m1./s1. The van der Waals surface area contributed by atoms with E-state index >= 15 is 0 Å². The van der Waals surface area contributed by atoms with Crippen LogP contribution in [-0.2, 0) is 0 Å². The number of ether oxygens (including phenoxy) is 1. The number of halogens is 1. The first-order valence-corrected chi connectivity index (χ1v) is 9.81. The van der Waals surface area contributed by atoms with Crippen LogP contribution in [0.5, 0.6) is 5.75 Å². The molecule has 1 aromatic carbocycles. The van der Waals surface area contributed by atoms with Crippen LogP contribution >= 0.6 is 24.0 Å². The van der Waals surface area contributed by atoms with Gasteiger partial charge in [0, 0.05) is 25.2 Å². The molecule has 27 heavy (non-hydrogen) atoms. The zero-order chi connectivity index (χ0) is 18.4. The van der Waals surface area contributed by atoms with E-state index in [0.717, 1.165) is 44.3 Å². The fourth-order valence-electron chi connectivity index (χ4n) is 3.94. The Hall–Kier alpha value is -1.06. The second-order valence-corrected chi connectivity index (χ2v) is 7.08. The number of β-amino-alcohol motifs (C(OH)–C–C–N with tert-alkyl or cyclic N) is 1. The highest BCUT2D eigenvalue weighted by molar-refractivity contribution is 14.0. The molecule has 0 saturated carbocycles. The maximum absolute atomic E-state index is 9.86. The van der Waals surface area contributed by atoms with E-state index in [1.54, 1.807) is 7.11 Å². The molecule has 6 nitrogen and oxygen atoms in total. The molecule has 2 atom stereocenters. The van der Waals surface area contributed by atoms with Crippen molar-refractivity contribution in [1.29, 1.82) is 0 Å². The van der Waals surface area contributed by atoms with Crippen LogP contribution in [0.4, 0.5) is 0 Å². The van der Waals surface area contributed by atoms with Crippen molar-refractivity contribution in [3.63, 3.8) is 0 Å². The average molecular weight is 488 g/mol. The molecule has 1 unspecified atom stereocenters. The third-order valence-electron chi connectivity index (χ3n) is 5.29. The summed E-state index contributed by atoms with van der Waals surface area (Å²) in [5.41, 5.74) is 1.21. The highest BCUT2D eigenvalue weighted by Crippen LogP contribution is 2.32. The van der Waals surface area contributed by atoms with Crippen molar-refractivity contribution in [1.82, 2.24) is 15.1 Å². The number of para-hydroxylation sites is 1. The summed E-state index contributed by atoms with van der Waals surface area (Å²) in [6, 6.07) is 8.50. The average Bonchev–Trinajstić information content (AvgIpc) is 3.33. The molecule has 7 heteroatoms. The van der Waals surface area contributed by atoms with Gasteiger partial charge in [-0.1, -0.05) is 18.2 Å². The van der Waals surface area contributed by atoms with Crippen molar-refractivity contribution < 1.29 is 9.84 Å². The van der Waals surface area contributed by atoms with Gasteiger partial charge in [-0.2, -0.15) is 0 Å². The van der Waals surface area contributed by atoms with E-state index in [0.29, 0.717) is 13.1 Å². The zero-order valence-electron chi connectivity index (χ0n) is 16.4. The molecule has 0 aliphatic carbocycles. The summed E-state index contributed by atoms with van der Waals surface area (Å²) in [7, 11) is 1.73. The molecule has 2 aliphatic heterocycles. The van der Waals surface area contributed by atoms with Crippen LogP contribution in [0.1, 0.15) is 37.8 Å². The van der Waals surface area contributed by atoms with E-state index in [9.17, 15) is 5.11 Å². The van der Waals surface area contributed by atoms with Crippen molar-refractivity contribution >= 4 is 29.9 Å². The van der Waals surface area contributed by atoms with Gasteiger partial charge >= 0.3 is 0 Å². The van der Waals surface area contributed by atoms with Gasteiger partial charge in [0.1, 0.15) is 5.75 Å². The first-order chi connectivity index (χ1) is 12.7. The van der Waals surface area contributed by atoms with Crippen molar-refractivity contribution in [2.24, 2.45) is 4.99 Å². The summed E-state index contributed by atoms with van der Waals surface area (Å²) in [6.07, 6.45) is 3.05. The fourth-order valence-corrected chi connectivity index (χ4v) is 3.94. The monoisotopic (exact) mass is 488 g/mol. The molecule has 152 valence electrons. The quantitative estimate of drug-likeness (QED) is 0.366. The lowest BCUT2D eigenvalue weighted by molar-refractivity contribution is 0.187. The number of nitrogens with one attached hydrogen (secondary N) is 1. The van der Waals surface area contributed by atoms with Crippen LogP contribution in [0.25, 0.3) is 0 Å². The lowest BCUT2D eigenvalue weighted by Gasteiger charge is -2.29. The van der Waals surface area contributed by atoms with Crippen LogP contribution < -0.4 is 10.1 Å². The van der Waals surface area contributed by atoms with E-state index in [2.05, 4.69) is 34.2 Å². The van der Waals surface area contributed by atoms with Crippen LogP contribution in [0.3, 0.4) is 0 Å². The molecule has 0 bridgehead atoms. The third kappa shape index (κ3) is 5.71. The Kier molecular flexibility index (Phi) is 9.11. The predicted molar refractivity (Wildman–Crippen MR) is 120 cm³/mol. The van der Waals surface area contributed by atoms with E-state index in [4.69, 9.17) is 9.73 Å². The normalized spacial score (nSPS) is 21.8. The molecular formula is C20H33IN4O2. The summed E-state index contributed by atoms with van der Waals surface area (Å²) in [6.45, 7) is 7.34. The Morgan fingerprint density at radius 2 is 2.04 bits per heavy atom. The number of nitrogens with zero attached hydrogens (tertiary/aromatic N) is 3. The third-order valence-corrected chi connectivity index (χ3v) is 5.29. The second-order valence-electron chi connectivity index (χ2n) is 7.08. The number of likely N-dealkylation sites (tertiary alicyclic amines) is 2. The molecule has 2 N–H and O–H groups in total. The molecule has 2 aliphatic rings. The summed E-state index contributed by atoms with van der Waals surface area (Å²) in [5, 5.41) is 13.2. The minimum Gasteiger partial charge on any atom is -0.496 e. The molecule has 0 spiro atoms. The van der Waals surface area contributed by atoms with Gasteiger partial charge in [0.15, 0.2) is 5.96 Å². The first kappa shape index (κ1) is 22.2. The minimum absolute atomic E-state index is 0. The Balaban J connectivity index is 0.00000261. The zero-order valence-corrected chi connectivity index (χ0v) is 18.8. The molecule has 2 fully saturated rings. The molecule has 0 amide bonds. The van der Waals surface area contributed by atoms with Crippen LogP contribution in [-0.4, -0.2) is 73.3 Å². The van der Waals surface area contributed by atoms with Crippen molar-refractivity contribution in [2.45, 2.75) is 38.3 Å². The number of aliphatic hydroxyl groups is 1. The van der Waals surface area contributed by atoms with E-state index in [1.165, 1.54) is 18.4 Å². The minimum atomic E-state index is -0.248. The molecule has 2 saturated heterocycles. The summed E-state index contributed by atoms with van der Waals surface area (Å²) >= 11 is 0. The Bertz CT molecular complexity index is 607. The van der Waals surface area contributed by atoms with Crippen molar-refractivity contribution in [2.75, 3.05) is 46.4 Å². The van der Waals surface area contributed by atoms with Gasteiger partial charge in [-0.3, -0.25) is 9.89 Å². The fraction of sp³-hybridized carbons (Fsp3) is 0.650. The number of hydrogen-bond donors (Lipinski definition) is 2. The number of methoxy groups -OCH3 is 1. The highest BCUT2D eigenvalue weighted by Gasteiger charge is 2.27. The molecular weight excluding hydrogens is 455 g/mol. The molecule has 1 aromatic rings. The highest BCUT2D eigenvalue weighted by atomic mass is 127. The molecule has 0 aromatic heterocycles. The SMILES string of the molecule is CCNC(=NCC(c1ccccc1OC)N1CCCC1)N1CC[C@@H](O)C1.I. The van der Waals surface area contributed by atoms with Crippen LogP contribution in [0, 0.1) is 0 Å². The topological polar surface area (TPSA) is 60.3 Å². The summed E-state index contributed by atoms with van der Waals surface area (Å²) < 4.78 is 5.62. The Morgan fingerprint density at radius 1 is 1.30 bits per heavy atom. The van der Waals surface area contributed by atoms with Gasteiger partial charge in [0.25, 0.3) is 0 Å². The maximum Gasteiger partial charge on any atom is 0.194 e. The van der Waals surface area contributed by atoms with Gasteiger partial charge in [-0.25, -0.2) is 0 Å². The first-order valence-electron chi connectivity index (χ1n) is 9.81. The summed E-state index contributed by atoms with van der Waals surface area (Å²) in [4.78, 5) is 9.63. The number of benzene rings is 1. The lowest BCUT2D eigenvalue weighted by Crippen LogP contribution is -2.41. The Labute approximate surface area is 180 Å². The smallest absolute Gasteiger partial charge is 0.194 e. The lowest BCUT2D eigenvalue weighted by atomic mass is 10.0. The van der Waals surface area contributed by atoms with Gasteiger partial charge in [0.05, 0.1) is 25.8 Å². The van der Waals surface area contributed by atoms with Crippen molar-refractivity contribution in [3.05, 3.63) is 29.8 Å². The molecule has 2 heterocycles. The van der Waals surface area contributed by atoms with Gasteiger partial charge in [-0.15, -0.1) is 24.0 Å². The Morgan fingerprint density at radius 3 is 2.67 bits per heavy atom. The molecule has 3 rings (SSSR count). The van der Waals surface area contributed by atoms with Gasteiger partial charge < -0.3 is 20.1 Å². The largest absolute Gasteiger partial charge is 0.496 e. The van der Waals surface area contributed by atoms with E-state index in [-0.39, 0.29) is 36.1 Å². The van der Waals surface area contributed by atoms with Gasteiger partial charge in [0.2, 0.25) is 0 Å². The maximum atomic E-state index is 9.86. The second kappa shape index (κ2) is 11.1.